The molecular formula is C9H18N2. The molecule has 0 bridgehead atoms. The first-order chi connectivity index (χ1) is 5.11. The molecule has 0 aromatic rings. The third-order valence-electron chi connectivity index (χ3n) is 2.07. The topological polar surface area (TPSA) is 27.0 Å². The molecule has 0 spiro atoms. The van der Waals surface area contributed by atoms with Gasteiger partial charge in [0.05, 0.1) is 12.0 Å². The zero-order chi connectivity index (χ0) is 8.85. The Labute approximate surface area is 69.8 Å². The Kier molecular flexibility index (Phi) is 4.89. The fourth-order valence-corrected chi connectivity index (χ4v) is 0.820. The Balaban J connectivity index is 3.74. The molecular weight excluding hydrogens is 136 g/mol. The third-order valence-corrected chi connectivity index (χ3v) is 2.07. The van der Waals surface area contributed by atoms with E-state index in [1.54, 1.807) is 0 Å². The van der Waals surface area contributed by atoms with Crippen molar-refractivity contribution in [2.45, 2.75) is 33.2 Å². The minimum absolute atomic E-state index is 0.197. The van der Waals surface area contributed by atoms with Gasteiger partial charge in [0.15, 0.2) is 0 Å². The van der Waals surface area contributed by atoms with Crippen LogP contribution in [0.3, 0.4) is 0 Å². The predicted molar refractivity (Wildman–Crippen MR) is 47.2 cm³/mol. The number of hydrogen-bond acceptors (Lipinski definition) is 2. The van der Waals surface area contributed by atoms with Crippen LogP contribution >= 0.6 is 0 Å². The first kappa shape index (κ1) is 10.4. The van der Waals surface area contributed by atoms with Crippen molar-refractivity contribution in [3.05, 3.63) is 0 Å². The third kappa shape index (κ3) is 4.00. The van der Waals surface area contributed by atoms with E-state index in [0.717, 1.165) is 13.0 Å². The predicted octanol–water partition coefficient (Wildman–Crippen LogP) is 1.88. The highest BCUT2D eigenvalue weighted by Crippen LogP contribution is 2.04. The van der Waals surface area contributed by atoms with Crippen molar-refractivity contribution < 1.29 is 0 Å². The van der Waals surface area contributed by atoms with E-state index in [1.165, 1.54) is 0 Å². The van der Waals surface area contributed by atoms with Crippen molar-refractivity contribution in [2.24, 2.45) is 5.92 Å². The lowest BCUT2D eigenvalue weighted by Gasteiger charge is -2.22. The molecule has 2 heteroatoms. The van der Waals surface area contributed by atoms with Gasteiger partial charge < -0.3 is 4.90 Å². The number of rotatable bonds is 4. The molecule has 0 amide bonds. The molecule has 1 atom stereocenters. The molecule has 0 rings (SSSR count). The van der Waals surface area contributed by atoms with Crippen LogP contribution in [-0.2, 0) is 0 Å². The summed E-state index contributed by atoms with van der Waals surface area (Å²) in [6.07, 6.45) is 0.952. The van der Waals surface area contributed by atoms with Gasteiger partial charge in [-0.05, 0) is 27.3 Å². The molecule has 0 heterocycles. The van der Waals surface area contributed by atoms with E-state index in [4.69, 9.17) is 5.26 Å². The maximum atomic E-state index is 8.68. The molecule has 0 N–H and O–H groups in total. The maximum absolute atomic E-state index is 8.68. The highest BCUT2D eigenvalue weighted by Gasteiger charge is 2.09. The monoisotopic (exact) mass is 154 g/mol. The lowest BCUT2D eigenvalue weighted by molar-refractivity contribution is 0.248. The molecule has 0 radical (unpaired) electrons. The number of hydrogen-bond donors (Lipinski definition) is 0. The summed E-state index contributed by atoms with van der Waals surface area (Å²) in [7, 11) is 2.06. The second kappa shape index (κ2) is 5.15. The van der Waals surface area contributed by atoms with Gasteiger partial charge in [0.25, 0.3) is 0 Å². The first-order valence-corrected chi connectivity index (χ1v) is 4.21. The molecule has 2 nitrogen and oxygen atoms in total. The summed E-state index contributed by atoms with van der Waals surface area (Å²) < 4.78 is 0. The van der Waals surface area contributed by atoms with Crippen LogP contribution in [-0.4, -0.2) is 24.5 Å². The normalized spacial score (nSPS) is 13.5. The summed E-state index contributed by atoms with van der Waals surface area (Å²) in [5.41, 5.74) is 0. The molecule has 0 fully saturated rings. The van der Waals surface area contributed by atoms with Gasteiger partial charge >= 0.3 is 0 Å². The van der Waals surface area contributed by atoms with Gasteiger partial charge in [-0.3, -0.25) is 0 Å². The van der Waals surface area contributed by atoms with Crippen LogP contribution in [0.5, 0.6) is 0 Å². The van der Waals surface area contributed by atoms with Crippen molar-refractivity contribution in [2.75, 3.05) is 13.6 Å². The molecule has 11 heavy (non-hydrogen) atoms. The van der Waals surface area contributed by atoms with Crippen LogP contribution < -0.4 is 0 Å². The Bertz CT molecular complexity index is 135. The smallest absolute Gasteiger partial charge is 0.0669 e. The number of nitrogens with zero attached hydrogens (tertiary/aromatic N) is 2. The molecule has 0 aromatic heterocycles. The van der Waals surface area contributed by atoms with Gasteiger partial charge in [-0.2, -0.15) is 5.26 Å². The minimum atomic E-state index is 0.197. The molecule has 0 saturated carbocycles. The molecule has 0 saturated heterocycles. The average molecular weight is 154 g/mol. The zero-order valence-corrected chi connectivity index (χ0v) is 7.96. The van der Waals surface area contributed by atoms with Crippen molar-refractivity contribution in [1.82, 2.24) is 4.90 Å². The van der Waals surface area contributed by atoms with E-state index < -0.39 is 0 Å². The van der Waals surface area contributed by atoms with Gasteiger partial charge in [0.1, 0.15) is 0 Å². The second-order valence-electron chi connectivity index (χ2n) is 3.27. The summed E-state index contributed by atoms with van der Waals surface area (Å²) >= 11 is 0. The van der Waals surface area contributed by atoms with Crippen LogP contribution in [0.15, 0.2) is 0 Å². The summed E-state index contributed by atoms with van der Waals surface area (Å²) in [4.78, 5) is 2.21. The highest BCUT2D eigenvalue weighted by atomic mass is 15.1. The van der Waals surface area contributed by atoms with E-state index in [9.17, 15) is 0 Å². The van der Waals surface area contributed by atoms with E-state index in [0.29, 0.717) is 6.04 Å². The van der Waals surface area contributed by atoms with Crippen molar-refractivity contribution in [1.29, 1.82) is 5.26 Å². The summed E-state index contributed by atoms with van der Waals surface area (Å²) in [5.74, 6) is 0.197. The first-order valence-electron chi connectivity index (χ1n) is 4.21. The van der Waals surface area contributed by atoms with Crippen molar-refractivity contribution >= 4 is 0 Å². The van der Waals surface area contributed by atoms with Gasteiger partial charge in [-0.1, -0.05) is 6.92 Å². The highest BCUT2D eigenvalue weighted by molar-refractivity contribution is 4.83. The maximum Gasteiger partial charge on any atom is 0.0669 e. The molecule has 64 valence electrons. The van der Waals surface area contributed by atoms with Gasteiger partial charge in [0, 0.05) is 12.6 Å². The van der Waals surface area contributed by atoms with Crippen LogP contribution in [0.25, 0.3) is 0 Å². The van der Waals surface area contributed by atoms with Gasteiger partial charge in [-0.15, -0.1) is 0 Å². The van der Waals surface area contributed by atoms with E-state index in [2.05, 4.69) is 38.8 Å². The quantitative estimate of drug-likeness (QED) is 0.618. The van der Waals surface area contributed by atoms with Crippen molar-refractivity contribution in [3.8, 4) is 6.07 Å². The van der Waals surface area contributed by atoms with E-state index in [1.807, 2.05) is 0 Å². The van der Waals surface area contributed by atoms with Crippen LogP contribution in [0.1, 0.15) is 27.2 Å². The second-order valence-corrected chi connectivity index (χ2v) is 3.27. The summed E-state index contributed by atoms with van der Waals surface area (Å²) in [6.45, 7) is 7.24. The molecule has 0 aromatic carbocycles. The van der Waals surface area contributed by atoms with Gasteiger partial charge in [0.2, 0.25) is 0 Å². The summed E-state index contributed by atoms with van der Waals surface area (Å²) in [5, 5.41) is 8.68. The molecule has 1 unspecified atom stereocenters. The Morgan fingerprint density at radius 3 is 2.27 bits per heavy atom. The standard InChI is InChI=1S/C9H18N2/c1-5-9(6-10)7-11(4)8(2)3/h8-9H,5,7H2,1-4H3. The average Bonchev–Trinajstić information content (AvgIpc) is 1.99. The van der Waals surface area contributed by atoms with Crippen LogP contribution in [0.4, 0.5) is 0 Å². The largest absolute Gasteiger partial charge is 0.303 e. The summed E-state index contributed by atoms with van der Waals surface area (Å²) in [6, 6.07) is 2.84. The lowest BCUT2D eigenvalue weighted by Crippen LogP contribution is -2.30. The Morgan fingerprint density at radius 1 is 1.45 bits per heavy atom. The van der Waals surface area contributed by atoms with Gasteiger partial charge in [-0.25, -0.2) is 0 Å². The zero-order valence-electron chi connectivity index (χ0n) is 7.96. The van der Waals surface area contributed by atoms with Crippen LogP contribution in [0.2, 0.25) is 0 Å². The molecule has 0 aliphatic rings. The Hall–Kier alpha value is -0.550. The van der Waals surface area contributed by atoms with E-state index in [-0.39, 0.29) is 5.92 Å². The molecule has 0 aliphatic carbocycles. The SMILES string of the molecule is CCC(C#N)CN(C)C(C)C. The minimum Gasteiger partial charge on any atom is -0.303 e. The lowest BCUT2D eigenvalue weighted by atomic mass is 10.1. The van der Waals surface area contributed by atoms with Crippen molar-refractivity contribution in [3.63, 3.8) is 0 Å². The molecule has 0 aliphatic heterocycles. The fraction of sp³-hybridized carbons (Fsp3) is 0.889. The fourth-order valence-electron chi connectivity index (χ4n) is 0.820. The number of nitriles is 1. The Morgan fingerprint density at radius 2 is 2.00 bits per heavy atom. The van der Waals surface area contributed by atoms with E-state index >= 15 is 0 Å². The van der Waals surface area contributed by atoms with Crippen LogP contribution in [0, 0.1) is 17.2 Å².